The molecule has 2 N–H and O–H groups in total. The number of amides is 1. The van der Waals surface area contributed by atoms with Crippen LogP contribution in [0.2, 0.25) is 0 Å². The van der Waals surface area contributed by atoms with Gasteiger partial charge in [-0.1, -0.05) is 0 Å². The largest absolute Gasteiger partial charge is 0.447 e. The van der Waals surface area contributed by atoms with Gasteiger partial charge < -0.3 is 14.9 Å². The Labute approximate surface area is 69.5 Å². The zero-order valence-electron chi connectivity index (χ0n) is 6.51. The first-order valence-corrected chi connectivity index (χ1v) is 3.99. The third-order valence-electron chi connectivity index (χ3n) is 2.43. The fourth-order valence-corrected chi connectivity index (χ4v) is 1.81. The lowest BCUT2D eigenvalue weighted by Crippen LogP contribution is -2.54. The highest BCUT2D eigenvalue weighted by Gasteiger charge is 2.44. The first-order valence-electron chi connectivity index (χ1n) is 3.99. The molecule has 12 heavy (non-hydrogen) atoms. The summed E-state index contributed by atoms with van der Waals surface area (Å²) in [6, 6.07) is -0.453. The van der Waals surface area contributed by atoms with E-state index < -0.39 is 24.3 Å². The molecule has 0 bridgehead atoms. The summed E-state index contributed by atoms with van der Waals surface area (Å²) in [6.45, 7) is 0.471. The molecule has 2 fully saturated rings. The van der Waals surface area contributed by atoms with Crippen molar-refractivity contribution in [2.75, 3.05) is 13.2 Å². The molecule has 68 valence electrons. The maximum absolute atomic E-state index is 11.0. The normalized spacial score (nSPS) is 41.0. The zero-order valence-corrected chi connectivity index (χ0v) is 6.51. The molecule has 2 saturated heterocycles. The number of rotatable bonds is 0. The summed E-state index contributed by atoms with van der Waals surface area (Å²) in [5, 5.41) is 18.8. The molecule has 2 aliphatic heterocycles. The summed E-state index contributed by atoms with van der Waals surface area (Å²) >= 11 is 0. The van der Waals surface area contributed by atoms with Gasteiger partial charge in [-0.05, 0) is 6.42 Å². The van der Waals surface area contributed by atoms with E-state index in [1.807, 2.05) is 0 Å². The maximum Gasteiger partial charge on any atom is 0.410 e. The van der Waals surface area contributed by atoms with E-state index >= 15 is 0 Å². The topological polar surface area (TPSA) is 70.0 Å². The molecule has 0 unspecified atom stereocenters. The molecule has 2 heterocycles. The molecule has 0 aliphatic carbocycles. The van der Waals surface area contributed by atoms with Crippen molar-refractivity contribution in [3.8, 4) is 0 Å². The Morgan fingerprint density at radius 3 is 2.83 bits per heavy atom. The number of cyclic esters (lactones) is 1. The Kier molecular flexibility index (Phi) is 1.69. The number of hydrogen-bond acceptors (Lipinski definition) is 4. The van der Waals surface area contributed by atoms with Gasteiger partial charge in [0, 0.05) is 6.54 Å². The summed E-state index contributed by atoms with van der Waals surface area (Å²) in [6.07, 6.45) is -1.26. The Hall–Kier alpha value is -0.810. The number of aliphatic hydroxyl groups excluding tert-OH is 2. The van der Waals surface area contributed by atoms with Crippen molar-refractivity contribution in [2.45, 2.75) is 24.7 Å². The maximum atomic E-state index is 11.0. The molecule has 0 saturated carbocycles. The van der Waals surface area contributed by atoms with Gasteiger partial charge >= 0.3 is 6.09 Å². The summed E-state index contributed by atoms with van der Waals surface area (Å²) < 4.78 is 4.68. The van der Waals surface area contributed by atoms with E-state index in [4.69, 9.17) is 0 Å². The monoisotopic (exact) mass is 173 g/mol. The lowest BCUT2D eigenvalue weighted by Gasteiger charge is -2.34. The molecule has 0 aromatic rings. The van der Waals surface area contributed by atoms with Crippen molar-refractivity contribution in [1.82, 2.24) is 4.90 Å². The lowest BCUT2D eigenvalue weighted by atomic mass is 10.1. The third-order valence-corrected chi connectivity index (χ3v) is 2.43. The summed E-state index contributed by atoms with van der Waals surface area (Å²) in [5.74, 6) is 0. The highest BCUT2D eigenvalue weighted by Crippen LogP contribution is 2.25. The van der Waals surface area contributed by atoms with Gasteiger partial charge in [0.05, 0.1) is 12.1 Å². The van der Waals surface area contributed by atoms with Crippen molar-refractivity contribution < 1.29 is 19.7 Å². The number of ether oxygens (including phenoxy) is 1. The molecule has 0 spiro atoms. The van der Waals surface area contributed by atoms with E-state index in [-0.39, 0.29) is 6.61 Å². The van der Waals surface area contributed by atoms with Gasteiger partial charge in [0.2, 0.25) is 0 Å². The fourth-order valence-electron chi connectivity index (χ4n) is 1.81. The van der Waals surface area contributed by atoms with E-state index in [2.05, 4.69) is 4.74 Å². The summed E-state index contributed by atoms with van der Waals surface area (Å²) in [5.41, 5.74) is 0. The van der Waals surface area contributed by atoms with Crippen LogP contribution in [0.5, 0.6) is 0 Å². The van der Waals surface area contributed by atoms with Crippen LogP contribution in [-0.4, -0.2) is 52.6 Å². The summed E-state index contributed by atoms with van der Waals surface area (Å²) in [7, 11) is 0. The number of nitrogens with zero attached hydrogens (tertiary/aromatic N) is 1. The minimum atomic E-state index is -0.750. The molecule has 0 aromatic heterocycles. The fraction of sp³-hybridized carbons (Fsp3) is 0.857. The van der Waals surface area contributed by atoms with Gasteiger partial charge in [-0.25, -0.2) is 4.79 Å². The molecule has 2 rings (SSSR count). The van der Waals surface area contributed by atoms with Crippen LogP contribution in [0.15, 0.2) is 0 Å². The molecule has 1 amide bonds. The van der Waals surface area contributed by atoms with Crippen LogP contribution in [-0.2, 0) is 4.74 Å². The number of aliphatic hydroxyl groups is 2. The van der Waals surface area contributed by atoms with Crippen LogP contribution in [0, 0.1) is 0 Å². The van der Waals surface area contributed by atoms with E-state index in [1.54, 1.807) is 0 Å². The molecule has 0 aromatic carbocycles. The standard InChI is InChI=1S/C7H11NO4/c9-4-1-2-8-6(4)5(10)3-12-7(8)11/h4-6,9-10H,1-3H2/t4-,5+,6-/m1/s1. The lowest BCUT2D eigenvalue weighted by molar-refractivity contribution is -0.0542. The van der Waals surface area contributed by atoms with E-state index in [9.17, 15) is 15.0 Å². The number of carbonyl (C=O) groups is 1. The average Bonchev–Trinajstić information content (AvgIpc) is 2.42. The predicted octanol–water partition coefficient (Wildman–Crippen LogP) is -1.07. The van der Waals surface area contributed by atoms with Crippen LogP contribution in [0.25, 0.3) is 0 Å². The van der Waals surface area contributed by atoms with Crippen molar-refractivity contribution in [1.29, 1.82) is 0 Å². The quantitative estimate of drug-likeness (QED) is 0.489. The minimum Gasteiger partial charge on any atom is -0.447 e. The predicted molar refractivity (Wildman–Crippen MR) is 38.5 cm³/mol. The number of carbonyl (C=O) groups excluding carboxylic acids is 1. The van der Waals surface area contributed by atoms with E-state index in [0.29, 0.717) is 13.0 Å². The van der Waals surface area contributed by atoms with E-state index in [1.165, 1.54) is 4.90 Å². The van der Waals surface area contributed by atoms with Crippen molar-refractivity contribution >= 4 is 6.09 Å². The molecular formula is C7H11NO4. The molecule has 3 atom stereocenters. The molecule has 5 heteroatoms. The van der Waals surface area contributed by atoms with Gasteiger partial charge in [0.15, 0.2) is 0 Å². The first kappa shape index (κ1) is 7.82. The summed E-state index contributed by atoms with van der Waals surface area (Å²) in [4.78, 5) is 12.4. The highest BCUT2D eigenvalue weighted by molar-refractivity contribution is 5.69. The zero-order chi connectivity index (χ0) is 8.72. The molecular weight excluding hydrogens is 162 g/mol. The van der Waals surface area contributed by atoms with Crippen molar-refractivity contribution in [3.05, 3.63) is 0 Å². The number of hydrogen-bond donors (Lipinski definition) is 2. The highest BCUT2D eigenvalue weighted by atomic mass is 16.6. The smallest absolute Gasteiger partial charge is 0.410 e. The van der Waals surface area contributed by atoms with Crippen LogP contribution in [0.1, 0.15) is 6.42 Å². The van der Waals surface area contributed by atoms with Crippen LogP contribution < -0.4 is 0 Å². The van der Waals surface area contributed by atoms with Gasteiger partial charge in [0.25, 0.3) is 0 Å². The second-order valence-corrected chi connectivity index (χ2v) is 3.18. The van der Waals surface area contributed by atoms with Gasteiger partial charge in [0.1, 0.15) is 12.7 Å². The van der Waals surface area contributed by atoms with Crippen LogP contribution in [0.3, 0.4) is 0 Å². The Morgan fingerprint density at radius 2 is 2.17 bits per heavy atom. The van der Waals surface area contributed by atoms with Crippen LogP contribution in [0.4, 0.5) is 4.79 Å². The SMILES string of the molecule is O=C1OC[C@H](O)[C@H]2[C@H](O)CCN12. The van der Waals surface area contributed by atoms with Gasteiger partial charge in [-0.3, -0.25) is 4.90 Å². The average molecular weight is 173 g/mol. The van der Waals surface area contributed by atoms with E-state index in [0.717, 1.165) is 0 Å². The third kappa shape index (κ3) is 0.971. The minimum absolute atomic E-state index is 0.00292. The van der Waals surface area contributed by atoms with Crippen molar-refractivity contribution in [3.63, 3.8) is 0 Å². The number of fused-ring (bicyclic) bond motifs is 1. The Balaban J connectivity index is 2.18. The second-order valence-electron chi connectivity index (χ2n) is 3.18. The van der Waals surface area contributed by atoms with Crippen LogP contribution >= 0.6 is 0 Å². The van der Waals surface area contributed by atoms with Gasteiger partial charge in [-0.2, -0.15) is 0 Å². The molecule has 5 nitrogen and oxygen atoms in total. The Bertz CT molecular complexity index is 208. The Morgan fingerprint density at radius 1 is 1.42 bits per heavy atom. The first-order chi connectivity index (χ1) is 5.70. The second kappa shape index (κ2) is 2.60. The molecule has 0 radical (unpaired) electrons. The molecule has 2 aliphatic rings. The van der Waals surface area contributed by atoms with Crippen molar-refractivity contribution in [2.24, 2.45) is 0 Å². The van der Waals surface area contributed by atoms with Gasteiger partial charge in [-0.15, -0.1) is 0 Å².